The average Bonchev–Trinajstić information content (AvgIpc) is 3.12. The first kappa shape index (κ1) is 16.1. The Kier molecular flexibility index (Phi) is 4.01. The monoisotopic (exact) mass is 348 g/mol. The Morgan fingerprint density at radius 1 is 1.23 bits per heavy atom. The van der Waals surface area contributed by atoms with E-state index in [0.29, 0.717) is 24.3 Å². The normalized spacial score (nSPS) is 15.1. The minimum Gasteiger partial charge on any atom is -0.440 e. The van der Waals surface area contributed by atoms with E-state index < -0.39 is 4.92 Å². The molecule has 1 aliphatic rings. The lowest BCUT2D eigenvalue weighted by molar-refractivity contribution is -0.384. The van der Waals surface area contributed by atoms with Gasteiger partial charge in [-0.1, -0.05) is 12.1 Å². The van der Waals surface area contributed by atoms with Crippen LogP contribution >= 0.6 is 0 Å². The summed E-state index contributed by atoms with van der Waals surface area (Å²) in [5.74, 6) is 0.941. The summed E-state index contributed by atoms with van der Waals surface area (Å²) in [5.41, 5.74) is 2.47. The first-order valence-electron chi connectivity index (χ1n) is 8.44. The van der Waals surface area contributed by atoms with E-state index in [-0.39, 0.29) is 11.6 Å². The summed E-state index contributed by atoms with van der Waals surface area (Å²) in [6.45, 7) is 1.35. The largest absolute Gasteiger partial charge is 0.440 e. The van der Waals surface area contributed by atoms with Gasteiger partial charge in [0.15, 0.2) is 11.5 Å². The molecule has 0 atom stereocenters. The molecule has 7 heteroatoms. The van der Waals surface area contributed by atoms with Crippen molar-refractivity contribution in [3.63, 3.8) is 0 Å². The lowest BCUT2D eigenvalue weighted by Gasteiger charge is -2.32. The Bertz CT molecular complexity index is 980. The number of oxazole rings is 1. The number of nitro benzene ring substituents is 1. The Hall–Kier alpha value is -3.40. The lowest BCUT2D eigenvalue weighted by Crippen LogP contribution is -2.33. The molecule has 130 valence electrons. The number of hydrogen-bond donors (Lipinski definition) is 0. The molecule has 1 aromatic heterocycles. The fourth-order valence-electron chi connectivity index (χ4n) is 3.44. The van der Waals surface area contributed by atoms with Crippen LogP contribution in [0.1, 0.15) is 30.2 Å². The predicted octanol–water partition coefficient (Wildman–Crippen LogP) is 3.99. The molecule has 0 amide bonds. The van der Waals surface area contributed by atoms with E-state index in [1.807, 2.05) is 35.2 Å². The highest BCUT2D eigenvalue weighted by Crippen LogP contribution is 2.35. The SMILES string of the molecule is N#Cc1ccc(N2CCC(c3nc4ccccc4o3)CC2)c([N+](=O)[O-])c1. The van der Waals surface area contributed by atoms with Crippen LogP contribution < -0.4 is 4.90 Å². The standard InChI is InChI=1S/C19H16N4O3/c20-12-13-5-6-16(17(11-13)23(24)25)22-9-7-14(8-10-22)19-21-15-3-1-2-4-18(15)26-19/h1-6,11,14H,7-10H2. The number of benzene rings is 2. The summed E-state index contributed by atoms with van der Waals surface area (Å²) in [4.78, 5) is 17.5. The van der Waals surface area contributed by atoms with Crippen LogP contribution in [0.5, 0.6) is 0 Å². The van der Waals surface area contributed by atoms with Gasteiger partial charge < -0.3 is 9.32 Å². The number of fused-ring (bicyclic) bond motifs is 1. The summed E-state index contributed by atoms with van der Waals surface area (Å²) < 4.78 is 5.87. The third-order valence-corrected chi connectivity index (χ3v) is 4.80. The molecule has 3 aromatic rings. The van der Waals surface area contributed by atoms with Gasteiger partial charge in [-0.2, -0.15) is 5.26 Å². The second kappa shape index (κ2) is 6.48. The van der Waals surface area contributed by atoms with Crippen molar-refractivity contribution < 1.29 is 9.34 Å². The molecule has 0 radical (unpaired) electrons. The van der Waals surface area contributed by atoms with Crippen LogP contribution in [0.25, 0.3) is 11.1 Å². The Morgan fingerprint density at radius 2 is 2.00 bits per heavy atom. The summed E-state index contributed by atoms with van der Waals surface area (Å²) in [7, 11) is 0. The summed E-state index contributed by atoms with van der Waals surface area (Å²) >= 11 is 0. The molecule has 4 rings (SSSR count). The van der Waals surface area contributed by atoms with Gasteiger partial charge in [-0.25, -0.2) is 4.98 Å². The van der Waals surface area contributed by atoms with E-state index in [0.717, 1.165) is 29.8 Å². The van der Waals surface area contributed by atoms with Gasteiger partial charge in [0.25, 0.3) is 5.69 Å². The number of piperidine rings is 1. The number of nitro groups is 1. The molecule has 0 saturated carbocycles. The van der Waals surface area contributed by atoms with Gasteiger partial charge in [-0.05, 0) is 37.1 Å². The molecule has 0 unspecified atom stereocenters. The number of hydrogen-bond acceptors (Lipinski definition) is 6. The van der Waals surface area contributed by atoms with Crippen LogP contribution in [0, 0.1) is 21.4 Å². The Morgan fingerprint density at radius 3 is 2.69 bits per heavy atom. The second-order valence-corrected chi connectivity index (χ2v) is 6.35. The maximum absolute atomic E-state index is 11.4. The van der Waals surface area contributed by atoms with Gasteiger partial charge in [0.2, 0.25) is 0 Å². The number of nitriles is 1. The van der Waals surface area contributed by atoms with E-state index >= 15 is 0 Å². The quantitative estimate of drug-likeness (QED) is 0.524. The third kappa shape index (κ3) is 2.86. The molecule has 26 heavy (non-hydrogen) atoms. The van der Waals surface area contributed by atoms with Crippen molar-refractivity contribution in [1.82, 2.24) is 4.98 Å². The molecule has 7 nitrogen and oxygen atoms in total. The zero-order valence-electron chi connectivity index (χ0n) is 14.0. The van der Waals surface area contributed by atoms with Crippen LogP contribution in [-0.2, 0) is 0 Å². The third-order valence-electron chi connectivity index (χ3n) is 4.80. The van der Waals surface area contributed by atoms with Crippen molar-refractivity contribution in [1.29, 1.82) is 5.26 Å². The first-order valence-corrected chi connectivity index (χ1v) is 8.44. The van der Waals surface area contributed by atoms with Crippen LogP contribution in [0.4, 0.5) is 11.4 Å². The molecule has 2 heterocycles. The maximum Gasteiger partial charge on any atom is 0.293 e. The van der Waals surface area contributed by atoms with Gasteiger partial charge in [-0.3, -0.25) is 10.1 Å². The number of aromatic nitrogens is 1. The van der Waals surface area contributed by atoms with E-state index in [1.165, 1.54) is 6.07 Å². The first-order chi connectivity index (χ1) is 12.7. The average molecular weight is 348 g/mol. The van der Waals surface area contributed by atoms with Crippen molar-refractivity contribution in [2.24, 2.45) is 0 Å². The van der Waals surface area contributed by atoms with Crippen LogP contribution in [0.2, 0.25) is 0 Å². The Balaban J connectivity index is 1.53. The van der Waals surface area contributed by atoms with Gasteiger partial charge in [0.1, 0.15) is 11.2 Å². The smallest absolute Gasteiger partial charge is 0.293 e. The van der Waals surface area contributed by atoms with E-state index in [2.05, 4.69) is 4.98 Å². The zero-order chi connectivity index (χ0) is 18.1. The predicted molar refractivity (Wildman–Crippen MR) is 96.0 cm³/mol. The van der Waals surface area contributed by atoms with E-state index in [1.54, 1.807) is 12.1 Å². The van der Waals surface area contributed by atoms with Gasteiger partial charge in [0, 0.05) is 25.1 Å². The fourth-order valence-corrected chi connectivity index (χ4v) is 3.44. The van der Waals surface area contributed by atoms with E-state index in [9.17, 15) is 10.1 Å². The summed E-state index contributed by atoms with van der Waals surface area (Å²) in [5, 5.41) is 20.3. The van der Waals surface area contributed by atoms with Crippen molar-refractivity contribution in [2.45, 2.75) is 18.8 Å². The topological polar surface area (TPSA) is 96.2 Å². The van der Waals surface area contributed by atoms with Gasteiger partial charge in [0.05, 0.1) is 16.6 Å². The lowest BCUT2D eigenvalue weighted by atomic mass is 9.96. The Labute approximate surface area is 149 Å². The molecular formula is C19H16N4O3. The van der Waals surface area contributed by atoms with E-state index in [4.69, 9.17) is 9.68 Å². The second-order valence-electron chi connectivity index (χ2n) is 6.35. The molecule has 1 fully saturated rings. The minimum atomic E-state index is -0.428. The number of anilines is 1. The molecule has 0 aliphatic carbocycles. The number of nitrogens with zero attached hydrogens (tertiary/aromatic N) is 4. The maximum atomic E-state index is 11.4. The van der Waals surface area contributed by atoms with Crippen molar-refractivity contribution in [3.05, 3.63) is 64.0 Å². The number of para-hydroxylation sites is 2. The highest BCUT2D eigenvalue weighted by Gasteiger charge is 2.28. The fraction of sp³-hybridized carbons (Fsp3) is 0.263. The molecule has 1 aliphatic heterocycles. The highest BCUT2D eigenvalue weighted by atomic mass is 16.6. The molecule has 0 spiro atoms. The zero-order valence-corrected chi connectivity index (χ0v) is 14.0. The molecule has 2 aromatic carbocycles. The molecule has 0 N–H and O–H groups in total. The molecule has 0 bridgehead atoms. The molecule has 1 saturated heterocycles. The molecular weight excluding hydrogens is 332 g/mol. The van der Waals surface area contributed by atoms with Crippen LogP contribution in [0.15, 0.2) is 46.9 Å². The van der Waals surface area contributed by atoms with Crippen molar-refractivity contribution >= 4 is 22.5 Å². The minimum absolute atomic E-state index is 0.0237. The van der Waals surface area contributed by atoms with Gasteiger partial charge in [-0.15, -0.1) is 0 Å². The van der Waals surface area contributed by atoms with Crippen molar-refractivity contribution in [3.8, 4) is 6.07 Å². The van der Waals surface area contributed by atoms with Crippen LogP contribution in [-0.4, -0.2) is 23.0 Å². The van der Waals surface area contributed by atoms with Gasteiger partial charge >= 0.3 is 0 Å². The number of rotatable bonds is 3. The van der Waals surface area contributed by atoms with Crippen LogP contribution in [0.3, 0.4) is 0 Å². The van der Waals surface area contributed by atoms with Crippen molar-refractivity contribution in [2.75, 3.05) is 18.0 Å². The summed E-state index contributed by atoms with van der Waals surface area (Å²) in [6, 6.07) is 14.3. The summed E-state index contributed by atoms with van der Waals surface area (Å²) in [6.07, 6.45) is 1.62. The highest BCUT2D eigenvalue weighted by molar-refractivity contribution is 5.72.